The van der Waals surface area contributed by atoms with E-state index in [1.165, 1.54) is 24.3 Å². The molecule has 1 amide bonds. The van der Waals surface area contributed by atoms with Crippen molar-refractivity contribution in [3.05, 3.63) is 102 Å². The molecular formula is C24H20N4O4S. The molecule has 9 heteroatoms. The number of anilines is 2. The van der Waals surface area contributed by atoms with Crippen LogP contribution in [0.5, 0.6) is 11.8 Å². The van der Waals surface area contributed by atoms with Gasteiger partial charge >= 0.3 is 6.01 Å². The minimum absolute atomic E-state index is 0.0590. The summed E-state index contributed by atoms with van der Waals surface area (Å²) in [7, 11) is -3.76. The molecule has 0 radical (unpaired) electrons. The molecule has 2 N–H and O–H groups in total. The van der Waals surface area contributed by atoms with Crippen LogP contribution in [0.2, 0.25) is 0 Å². The van der Waals surface area contributed by atoms with Gasteiger partial charge in [-0.2, -0.15) is 0 Å². The molecule has 0 unspecified atom stereocenters. The average molecular weight is 461 g/mol. The van der Waals surface area contributed by atoms with Gasteiger partial charge < -0.3 is 10.1 Å². The first-order chi connectivity index (χ1) is 15.9. The van der Waals surface area contributed by atoms with Crippen molar-refractivity contribution in [2.75, 3.05) is 10.0 Å². The number of sulfonamides is 1. The fourth-order valence-electron chi connectivity index (χ4n) is 2.98. The van der Waals surface area contributed by atoms with Gasteiger partial charge in [0, 0.05) is 29.3 Å². The number of benzene rings is 3. The summed E-state index contributed by atoms with van der Waals surface area (Å²) in [6, 6.07) is 21.4. The number of hydrogen-bond acceptors (Lipinski definition) is 6. The van der Waals surface area contributed by atoms with E-state index in [2.05, 4.69) is 20.0 Å². The Bertz CT molecular complexity index is 1360. The predicted molar refractivity (Wildman–Crippen MR) is 125 cm³/mol. The second-order valence-electron chi connectivity index (χ2n) is 7.06. The maximum absolute atomic E-state index is 12.7. The highest BCUT2D eigenvalue weighted by molar-refractivity contribution is 7.92. The summed E-state index contributed by atoms with van der Waals surface area (Å²) in [5.41, 5.74) is 2.17. The van der Waals surface area contributed by atoms with E-state index in [9.17, 15) is 13.2 Å². The smallest absolute Gasteiger partial charge is 0.321 e. The van der Waals surface area contributed by atoms with Crippen LogP contribution in [-0.2, 0) is 10.0 Å². The van der Waals surface area contributed by atoms with Crippen LogP contribution in [0.25, 0.3) is 0 Å². The van der Waals surface area contributed by atoms with E-state index in [0.717, 1.165) is 5.56 Å². The zero-order valence-electron chi connectivity index (χ0n) is 17.6. The van der Waals surface area contributed by atoms with Crippen LogP contribution >= 0.6 is 0 Å². The molecule has 1 heterocycles. The van der Waals surface area contributed by atoms with Gasteiger partial charge in [0.25, 0.3) is 15.9 Å². The lowest BCUT2D eigenvalue weighted by atomic mass is 10.1. The summed E-state index contributed by atoms with van der Waals surface area (Å²) >= 11 is 0. The van der Waals surface area contributed by atoms with E-state index < -0.39 is 10.0 Å². The van der Waals surface area contributed by atoms with Gasteiger partial charge in [-0.25, -0.2) is 18.4 Å². The molecule has 0 saturated heterocycles. The van der Waals surface area contributed by atoms with Crippen LogP contribution in [0, 0.1) is 6.92 Å². The predicted octanol–water partition coefficient (Wildman–Crippen LogP) is 4.63. The summed E-state index contributed by atoms with van der Waals surface area (Å²) in [5.74, 6) is 0.176. The highest BCUT2D eigenvalue weighted by Gasteiger charge is 2.16. The molecule has 0 aliphatic carbocycles. The largest absolute Gasteiger partial charge is 0.424 e. The second kappa shape index (κ2) is 9.49. The molecule has 166 valence electrons. The number of aryl methyl sites for hydroxylation is 1. The van der Waals surface area contributed by atoms with E-state index in [0.29, 0.717) is 22.7 Å². The van der Waals surface area contributed by atoms with Gasteiger partial charge in [-0.1, -0.05) is 18.2 Å². The van der Waals surface area contributed by atoms with Gasteiger partial charge in [-0.3, -0.25) is 9.52 Å². The molecule has 4 aromatic rings. The lowest BCUT2D eigenvalue weighted by Crippen LogP contribution is -2.15. The first kappa shape index (κ1) is 22.0. The Morgan fingerprint density at radius 2 is 1.58 bits per heavy atom. The van der Waals surface area contributed by atoms with Crippen LogP contribution in [-0.4, -0.2) is 24.3 Å². The Morgan fingerprint density at radius 3 is 2.24 bits per heavy atom. The summed E-state index contributed by atoms with van der Waals surface area (Å²) in [5, 5.41) is 2.82. The van der Waals surface area contributed by atoms with Gasteiger partial charge in [-0.15, -0.1) is 0 Å². The van der Waals surface area contributed by atoms with E-state index in [4.69, 9.17) is 4.74 Å². The fraction of sp³-hybridized carbons (Fsp3) is 0.0417. The lowest BCUT2D eigenvalue weighted by molar-refractivity contribution is 0.102. The van der Waals surface area contributed by atoms with E-state index >= 15 is 0 Å². The molecule has 0 saturated carbocycles. The molecule has 0 bridgehead atoms. The quantitative estimate of drug-likeness (QED) is 0.416. The number of nitrogens with one attached hydrogen (secondary N) is 2. The number of carbonyl (C=O) groups excluding carboxylic acids is 1. The Balaban J connectivity index is 1.43. The molecule has 0 aliphatic rings. The Kier molecular flexibility index (Phi) is 6.32. The molecule has 0 aliphatic heterocycles. The van der Waals surface area contributed by atoms with E-state index in [1.54, 1.807) is 67.0 Å². The zero-order chi connectivity index (χ0) is 23.3. The Labute approximate surface area is 191 Å². The molecule has 1 aromatic heterocycles. The zero-order valence-corrected chi connectivity index (χ0v) is 18.4. The van der Waals surface area contributed by atoms with Gasteiger partial charge in [0.05, 0.1) is 4.90 Å². The second-order valence-corrected chi connectivity index (χ2v) is 8.74. The number of nitrogens with zero attached hydrogens (tertiary/aromatic N) is 2. The summed E-state index contributed by atoms with van der Waals surface area (Å²) in [6.07, 6.45) is 3.16. The molecular weight excluding hydrogens is 440 g/mol. The SMILES string of the molecule is Cc1cc(Oc2ncccn2)ccc1NC(=O)c1ccc(S(=O)(=O)Nc2ccccc2)cc1. The number of carbonyl (C=O) groups is 1. The average Bonchev–Trinajstić information content (AvgIpc) is 2.82. The van der Waals surface area contributed by atoms with Crippen molar-refractivity contribution >= 4 is 27.3 Å². The van der Waals surface area contributed by atoms with Gasteiger partial charge in [0.2, 0.25) is 0 Å². The number of aromatic nitrogens is 2. The third kappa shape index (κ3) is 5.52. The lowest BCUT2D eigenvalue weighted by Gasteiger charge is -2.11. The number of hydrogen-bond donors (Lipinski definition) is 2. The minimum atomic E-state index is -3.76. The monoisotopic (exact) mass is 460 g/mol. The number of ether oxygens (including phenoxy) is 1. The summed E-state index contributed by atoms with van der Waals surface area (Å²) in [6.45, 7) is 1.83. The summed E-state index contributed by atoms with van der Waals surface area (Å²) in [4.78, 5) is 20.7. The van der Waals surface area contributed by atoms with Crippen molar-refractivity contribution in [1.82, 2.24) is 9.97 Å². The molecule has 0 fully saturated rings. The maximum Gasteiger partial charge on any atom is 0.321 e. The van der Waals surface area contributed by atoms with Crippen LogP contribution in [0.4, 0.5) is 11.4 Å². The van der Waals surface area contributed by atoms with Crippen LogP contribution in [0.3, 0.4) is 0 Å². The first-order valence-corrected chi connectivity index (χ1v) is 11.4. The maximum atomic E-state index is 12.7. The van der Waals surface area contributed by atoms with Crippen molar-refractivity contribution in [3.8, 4) is 11.8 Å². The molecule has 8 nitrogen and oxygen atoms in total. The fourth-order valence-corrected chi connectivity index (χ4v) is 4.04. The number of amides is 1. The Hall–Kier alpha value is -4.24. The normalized spacial score (nSPS) is 10.9. The van der Waals surface area contributed by atoms with Crippen LogP contribution in [0.1, 0.15) is 15.9 Å². The molecule has 0 atom stereocenters. The van der Waals surface area contributed by atoms with Crippen molar-refractivity contribution in [2.24, 2.45) is 0 Å². The van der Waals surface area contributed by atoms with E-state index in [1.807, 2.05) is 6.92 Å². The molecule has 33 heavy (non-hydrogen) atoms. The molecule has 0 spiro atoms. The van der Waals surface area contributed by atoms with Crippen molar-refractivity contribution in [1.29, 1.82) is 0 Å². The van der Waals surface area contributed by atoms with Gasteiger partial charge in [0.15, 0.2) is 0 Å². The van der Waals surface area contributed by atoms with Crippen molar-refractivity contribution < 1.29 is 17.9 Å². The highest BCUT2D eigenvalue weighted by Crippen LogP contribution is 2.25. The highest BCUT2D eigenvalue weighted by atomic mass is 32.2. The summed E-state index contributed by atoms with van der Waals surface area (Å²) < 4.78 is 33.2. The molecule has 3 aromatic carbocycles. The first-order valence-electron chi connectivity index (χ1n) is 9.95. The standard InChI is InChI=1S/C24H20N4O4S/c1-17-16-20(32-24-25-14-5-15-26-24)10-13-22(17)27-23(29)18-8-11-21(12-9-18)33(30,31)28-19-6-3-2-4-7-19/h2-16,28H,1H3,(H,27,29). The third-order valence-corrected chi connectivity index (χ3v) is 6.05. The van der Waals surface area contributed by atoms with E-state index in [-0.39, 0.29) is 16.8 Å². The van der Waals surface area contributed by atoms with Crippen LogP contribution < -0.4 is 14.8 Å². The third-order valence-electron chi connectivity index (χ3n) is 4.65. The number of para-hydroxylation sites is 1. The van der Waals surface area contributed by atoms with Crippen molar-refractivity contribution in [2.45, 2.75) is 11.8 Å². The van der Waals surface area contributed by atoms with Crippen molar-refractivity contribution in [3.63, 3.8) is 0 Å². The molecule has 4 rings (SSSR count). The topological polar surface area (TPSA) is 110 Å². The van der Waals surface area contributed by atoms with Gasteiger partial charge in [0.1, 0.15) is 5.75 Å². The van der Waals surface area contributed by atoms with Crippen LogP contribution in [0.15, 0.2) is 96.2 Å². The Morgan fingerprint density at radius 1 is 0.879 bits per heavy atom. The minimum Gasteiger partial charge on any atom is -0.424 e. The number of rotatable bonds is 7. The van der Waals surface area contributed by atoms with Gasteiger partial charge in [-0.05, 0) is 73.2 Å².